The number of hydrogen-bond donors (Lipinski definition) is 3. The first-order valence-corrected chi connectivity index (χ1v) is 5.80. The topological polar surface area (TPSA) is 105 Å². The number of carbonyl (C=O) groups is 3. The molecule has 1 atom stereocenters. The second-order valence-corrected chi connectivity index (χ2v) is 3.71. The van der Waals surface area contributed by atoms with E-state index in [9.17, 15) is 14.4 Å². The smallest absolute Gasteiger partial charge is 0.306 e. The van der Waals surface area contributed by atoms with Crippen LogP contribution in [-0.2, 0) is 19.1 Å². The van der Waals surface area contributed by atoms with Crippen molar-refractivity contribution >= 4 is 17.8 Å². The molecule has 0 aromatic carbocycles. The van der Waals surface area contributed by atoms with Crippen molar-refractivity contribution in [2.75, 3.05) is 19.7 Å². The molecule has 0 saturated heterocycles. The van der Waals surface area contributed by atoms with Crippen LogP contribution in [-0.4, -0.2) is 48.7 Å². The van der Waals surface area contributed by atoms with E-state index in [2.05, 4.69) is 10.6 Å². The fourth-order valence-corrected chi connectivity index (χ4v) is 1.29. The Balaban J connectivity index is 3.84. The monoisotopic (exact) mass is 260 g/mol. The van der Waals surface area contributed by atoms with Crippen molar-refractivity contribution in [1.29, 1.82) is 0 Å². The molecule has 3 N–H and O–H groups in total. The zero-order chi connectivity index (χ0) is 14.0. The summed E-state index contributed by atoms with van der Waals surface area (Å²) in [5, 5.41) is 13.7. The van der Waals surface area contributed by atoms with E-state index in [-0.39, 0.29) is 37.7 Å². The summed E-state index contributed by atoms with van der Waals surface area (Å²) in [6.07, 6.45) is -0.525. The lowest BCUT2D eigenvalue weighted by atomic mass is 10.2. The van der Waals surface area contributed by atoms with Crippen LogP contribution in [0.15, 0.2) is 0 Å². The molecular weight excluding hydrogens is 240 g/mol. The van der Waals surface area contributed by atoms with Crippen LogP contribution >= 0.6 is 0 Å². The Morgan fingerprint density at radius 2 is 1.94 bits per heavy atom. The molecule has 104 valence electrons. The molecule has 0 saturated carbocycles. The van der Waals surface area contributed by atoms with E-state index < -0.39 is 12.1 Å². The highest BCUT2D eigenvalue weighted by atomic mass is 16.5. The van der Waals surface area contributed by atoms with Crippen LogP contribution in [0.2, 0.25) is 0 Å². The largest absolute Gasteiger partial charge is 0.481 e. The van der Waals surface area contributed by atoms with E-state index in [1.54, 1.807) is 6.92 Å². The van der Waals surface area contributed by atoms with Crippen molar-refractivity contribution in [2.24, 2.45) is 0 Å². The molecule has 0 aliphatic rings. The van der Waals surface area contributed by atoms with Gasteiger partial charge in [0.05, 0.1) is 12.5 Å². The number of carbonyl (C=O) groups excluding carboxylic acids is 2. The van der Waals surface area contributed by atoms with E-state index in [4.69, 9.17) is 9.84 Å². The summed E-state index contributed by atoms with van der Waals surface area (Å²) in [5.74, 6) is -1.42. The molecule has 0 fully saturated rings. The fraction of sp³-hybridized carbons (Fsp3) is 0.727. The predicted molar refractivity (Wildman–Crippen MR) is 64.0 cm³/mol. The number of ether oxygens (including phenoxy) is 1. The van der Waals surface area contributed by atoms with Crippen LogP contribution in [0.4, 0.5) is 0 Å². The second kappa shape index (κ2) is 9.41. The van der Waals surface area contributed by atoms with Crippen molar-refractivity contribution in [1.82, 2.24) is 10.6 Å². The minimum Gasteiger partial charge on any atom is -0.481 e. The van der Waals surface area contributed by atoms with Crippen molar-refractivity contribution < 1.29 is 24.2 Å². The molecule has 0 radical (unpaired) electrons. The standard InChI is InChI=1S/C11H20N2O5/c1-3-18-9(6-11(16)17)7-13-10(15)4-5-12-8(2)14/h9H,3-7H2,1-2H3,(H,12,14)(H,13,15)(H,16,17). The summed E-state index contributed by atoms with van der Waals surface area (Å²) in [5.41, 5.74) is 0. The van der Waals surface area contributed by atoms with Gasteiger partial charge in [-0.1, -0.05) is 0 Å². The minimum absolute atomic E-state index is 0.152. The molecule has 0 aliphatic carbocycles. The third-order valence-electron chi connectivity index (χ3n) is 2.06. The van der Waals surface area contributed by atoms with Crippen molar-refractivity contribution in [2.45, 2.75) is 32.8 Å². The summed E-state index contributed by atoms with van der Waals surface area (Å²) >= 11 is 0. The minimum atomic E-state index is -0.971. The van der Waals surface area contributed by atoms with Gasteiger partial charge in [-0.2, -0.15) is 0 Å². The number of nitrogens with one attached hydrogen (secondary N) is 2. The number of carboxylic acids is 1. The van der Waals surface area contributed by atoms with E-state index >= 15 is 0 Å². The van der Waals surface area contributed by atoms with Gasteiger partial charge in [0, 0.05) is 33.0 Å². The Morgan fingerprint density at radius 3 is 2.44 bits per heavy atom. The molecule has 0 heterocycles. The van der Waals surface area contributed by atoms with Gasteiger partial charge in [0.25, 0.3) is 0 Å². The Labute approximate surface area is 106 Å². The normalized spacial score (nSPS) is 11.7. The molecular formula is C11H20N2O5. The number of hydrogen-bond acceptors (Lipinski definition) is 4. The molecule has 0 aromatic rings. The summed E-state index contributed by atoms with van der Waals surface area (Å²) in [4.78, 5) is 32.5. The first kappa shape index (κ1) is 16.4. The van der Waals surface area contributed by atoms with Crippen molar-refractivity contribution in [3.8, 4) is 0 Å². The Kier molecular flexibility index (Phi) is 8.55. The van der Waals surface area contributed by atoms with Crippen LogP contribution in [0.25, 0.3) is 0 Å². The quantitative estimate of drug-likeness (QED) is 0.519. The number of amides is 2. The predicted octanol–water partition coefficient (Wildman–Crippen LogP) is -0.491. The van der Waals surface area contributed by atoms with Crippen LogP contribution in [0.1, 0.15) is 26.7 Å². The van der Waals surface area contributed by atoms with Crippen molar-refractivity contribution in [3.63, 3.8) is 0 Å². The fourth-order valence-electron chi connectivity index (χ4n) is 1.29. The van der Waals surface area contributed by atoms with Crippen molar-refractivity contribution in [3.05, 3.63) is 0 Å². The molecule has 0 aliphatic heterocycles. The molecule has 0 spiro atoms. The Morgan fingerprint density at radius 1 is 1.28 bits per heavy atom. The van der Waals surface area contributed by atoms with Crippen LogP contribution < -0.4 is 10.6 Å². The third kappa shape index (κ3) is 9.59. The molecule has 2 amide bonds. The van der Waals surface area contributed by atoms with E-state index in [0.29, 0.717) is 6.61 Å². The first-order chi connectivity index (χ1) is 8.45. The van der Waals surface area contributed by atoms with Gasteiger partial charge in [0.2, 0.25) is 11.8 Å². The van der Waals surface area contributed by atoms with E-state index in [0.717, 1.165) is 0 Å². The maximum absolute atomic E-state index is 11.4. The van der Waals surface area contributed by atoms with Crippen LogP contribution in [0.3, 0.4) is 0 Å². The molecule has 18 heavy (non-hydrogen) atoms. The van der Waals surface area contributed by atoms with E-state index in [1.165, 1.54) is 6.92 Å². The Hall–Kier alpha value is -1.63. The first-order valence-electron chi connectivity index (χ1n) is 5.80. The summed E-state index contributed by atoms with van der Waals surface area (Å²) in [6, 6.07) is 0. The highest BCUT2D eigenvalue weighted by Gasteiger charge is 2.14. The number of aliphatic carboxylic acids is 1. The maximum atomic E-state index is 11.4. The summed E-state index contributed by atoms with van der Waals surface area (Å²) in [7, 11) is 0. The zero-order valence-electron chi connectivity index (χ0n) is 10.7. The van der Waals surface area contributed by atoms with Gasteiger partial charge in [-0.15, -0.1) is 0 Å². The SMILES string of the molecule is CCOC(CNC(=O)CCNC(C)=O)CC(=O)O. The average Bonchev–Trinajstić information content (AvgIpc) is 2.25. The molecule has 7 heteroatoms. The van der Waals surface area contributed by atoms with Crippen LogP contribution in [0.5, 0.6) is 0 Å². The molecule has 1 unspecified atom stereocenters. The number of rotatable bonds is 9. The molecule has 0 bridgehead atoms. The lowest BCUT2D eigenvalue weighted by molar-refractivity contribution is -0.140. The van der Waals surface area contributed by atoms with E-state index in [1.807, 2.05) is 0 Å². The van der Waals surface area contributed by atoms with Gasteiger partial charge in [-0.25, -0.2) is 0 Å². The third-order valence-corrected chi connectivity index (χ3v) is 2.06. The molecule has 0 rings (SSSR count). The van der Waals surface area contributed by atoms with Gasteiger partial charge >= 0.3 is 5.97 Å². The highest BCUT2D eigenvalue weighted by Crippen LogP contribution is 1.97. The van der Waals surface area contributed by atoms with Gasteiger partial charge in [-0.3, -0.25) is 14.4 Å². The van der Waals surface area contributed by atoms with Gasteiger partial charge < -0.3 is 20.5 Å². The summed E-state index contributed by atoms with van der Waals surface area (Å²) in [6.45, 7) is 3.93. The Bertz CT molecular complexity index is 293. The van der Waals surface area contributed by atoms with Gasteiger partial charge in [-0.05, 0) is 6.92 Å². The molecule has 7 nitrogen and oxygen atoms in total. The maximum Gasteiger partial charge on any atom is 0.306 e. The molecule has 0 aromatic heterocycles. The zero-order valence-corrected chi connectivity index (χ0v) is 10.7. The lowest BCUT2D eigenvalue weighted by Crippen LogP contribution is -2.36. The average molecular weight is 260 g/mol. The summed E-state index contributed by atoms with van der Waals surface area (Å²) < 4.78 is 5.18. The lowest BCUT2D eigenvalue weighted by Gasteiger charge is -2.15. The highest BCUT2D eigenvalue weighted by molar-refractivity contribution is 5.78. The van der Waals surface area contributed by atoms with Gasteiger partial charge in [0.1, 0.15) is 0 Å². The second-order valence-electron chi connectivity index (χ2n) is 3.71. The van der Waals surface area contributed by atoms with Crippen LogP contribution in [0, 0.1) is 0 Å². The van der Waals surface area contributed by atoms with Gasteiger partial charge in [0.15, 0.2) is 0 Å². The number of carboxylic acid groups (broad SMARTS) is 1.